The van der Waals surface area contributed by atoms with Crippen molar-refractivity contribution in [2.24, 2.45) is 11.1 Å². The van der Waals surface area contributed by atoms with Crippen LogP contribution in [-0.2, 0) is 0 Å². The van der Waals surface area contributed by atoms with E-state index in [1.165, 1.54) is 25.7 Å². The Kier molecular flexibility index (Phi) is 2.39. The van der Waals surface area contributed by atoms with Crippen molar-refractivity contribution in [1.29, 1.82) is 0 Å². The highest BCUT2D eigenvalue weighted by Crippen LogP contribution is 2.44. The molecule has 0 aromatic carbocycles. The Morgan fingerprint density at radius 2 is 2.07 bits per heavy atom. The van der Waals surface area contributed by atoms with Gasteiger partial charge >= 0.3 is 0 Å². The molecule has 3 atom stereocenters. The van der Waals surface area contributed by atoms with Gasteiger partial charge in [0, 0.05) is 17.6 Å². The van der Waals surface area contributed by atoms with Crippen LogP contribution in [0.5, 0.6) is 0 Å². The Balaban J connectivity index is 2.23. The lowest BCUT2D eigenvalue weighted by Gasteiger charge is -2.55. The molecule has 0 unspecified atom stereocenters. The van der Waals surface area contributed by atoms with Gasteiger partial charge in [-0.2, -0.15) is 0 Å². The maximum atomic E-state index is 6.17. The lowest BCUT2D eigenvalue weighted by atomic mass is 9.62. The molecule has 82 valence electrons. The van der Waals surface area contributed by atoms with Crippen LogP contribution in [0.4, 0.5) is 0 Å². The summed E-state index contributed by atoms with van der Waals surface area (Å²) < 4.78 is 0. The van der Waals surface area contributed by atoms with Gasteiger partial charge in [0.05, 0.1) is 0 Å². The van der Waals surface area contributed by atoms with Crippen molar-refractivity contribution < 1.29 is 0 Å². The summed E-state index contributed by atoms with van der Waals surface area (Å²) in [5.41, 5.74) is 6.82. The highest BCUT2D eigenvalue weighted by atomic mass is 15.1. The van der Waals surface area contributed by atoms with Crippen molar-refractivity contribution in [2.45, 2.75) is 70.5 Å². The number of hydrogen-bond acceptors (Lipinski definition) is 2. The van der Waals surface area contributed by atoms with Gasteiger partial charge in [-0.1, -0.05) is 27.2 Å². The Bertz CT molecular complexity index is 215. The molecule has 2 nitrogen and oxygen atoms in total. The molecule has 0 saturated carbocycles. The summed E-state index contributed by atoms with van der Waals surface area (Å²) in [4.78, 5) is 0. The van der Waals surface area contributed by atoms with Crippen LogP contribution in [0, 0.1) is 5.41 Å². The first-order chi connectivity index (χ1) is 6.43. The first-order valence-electron chi connectivity index (χ1n) is 5.96. The third kappa shape index (κ3) is 1.59. The molecule has 2 heteroatoms. The van der Waals surface area contributed by atoms with Crippen LogP contribution in [0.2, 0.25) is 0 Å². The quantitative estimate of drug-likeness (QED) is 0.622. The van der Waals surface area contributed by atoms with E-state index in [-0.39, 0.29) is 0 Å². The van der Waals surface area contributed by atoms with Crippen molar-refractivity contribution in [3.05, 3.63) is 0 Å². The molecule has 2 heterocycles. The monoisotopic (exact) mass is 196 g/mol. The van der Waals surface area contributed by atoms with Crippen LogP contribution in [0.3, 0.4) is 0 Å². The minimum Gasteiger partial charge on any atom is -0.328 e. The van der Waals surface area contributed by atoms with Gasteiger partial charge < -0.3 is 11.1 Å². The van der Waals surface area contributed by atoms with E-state index in [9.17, 15) is 0 Å². The molecule has 2 bridgehead atoms. The Morgan fingerprint density at radius 1 is 1.36 bits per heavy atom. The minimum atomic E-state index is 0.313. The van der Waals surface area contributed by atoms with Crippen molar-refractivity contribution in [1.82, 2.24) is 5.32 Å². The van der Waals surface area contributed by atoms with Gasteiger partial charge in [-0.3, -0.25) is 0 Å². The number of fused-ring (bicyclic) bond motifs is 2. The SMILES string of the molecule is CC(C)(C)[C@@]12CCC[C@@H](C[C@H](N)C1)N2. The standard InChI is InChI=1S/C12H24N2/c1-11(2,3)12-6-4-5-10(14-12)7-9(13)8-12/h9-10,14H,4-8,13H2,1-3H3/t9-,10-,12+/m0/s1. The summed E-state index contributed by atoms with van der Waals surface area (Å²) in [6, 6.07) is 1.10. The molecule has 0 aliphatic carbocycles. The number of piperidine rings is 2. The smallest absolute Gasteiger partial charge is 0.0247 e. The summed E-state index contributed by atoms with van der Waals surface area (Å²) in [6.07, 6.45) is 6.35. The van der Waals surface area contributed by atoms with Crippen molar-refractivity contribution in [2.75, 3.05) is 0 Å². The summed E-state index contributed by atoms with van der Waals surface area (Å²) in [6.45, 7) is 7.04. The molecule has 0 aromatic heterocycles. The van der Waals surface area contributed by atoms with E-state index in [1.54, 1.807) is 0 Å². The Hall–Kier alpha value is -0.0800. The zero-order chi connectivity index (χ0) is 10.4. The van der Waals surface area contributed by atoms with Crippen LogP contribution in [-0.4, -0.2) is 17.6 Å². The van der Waals surface area contributed by atoms with E-state index in [1.807, 2.05) is 0 Å². The fraction of sp³-hybridized carbons (Fsp3) is 1.00. The van der Waals surface area contributed by atoms with Crippen LogP contribution in [0.1, 0.15) is 52.9 Å². The van der Waals surface area contributed by atoms with Crippen molar-refractivity contribution in [3.8, 4) is 0 Å². The molecular weight excluding hydrogens is 172 g/mol. The van der Waals surface area contributed by atoms with Crippen LogP contribution in [0.15, 0.2) is 0 Å². The fourth-order valence-corrected chi connectivity index (χ4v) is 3.32. The third-order valence-corrected chi connectivity index (χ3v) is 4.27. The molecule has 14 heavy (non-hydrogen) atoms. The van der Waals surface area contributed by atoms with Crippen molar-refractivity contribution in [3.63, 3.8) is 0 Å². The van der Waals surface area contributed by atoms with Gasteiger partial charge in [-0.05, 0) is 31.1 Å². The van der Waals surface area contributed by atoms with Gasteiger partial charge in [0.2, 0.25) is 0 Å². The molecule has 0 radical (unpaired) electrons. The zero-order valence-electron chi connectivity index (χ0n) is 9.77. The van der Waals surface area contributed by atoms with Crippen LogP contribution >= 0.6 is 0 Å². The largest absolute Gasteiger partial charge is 0.328 e. The van der Waals surface area contributed by atoms with Gasteiger partial charge in [-0.15, -0.1) is 0 Å². The molecule has 2 rings (SSSR count). The molecule has 2 aliphatic rings. The number of rotatable bonds is 0. The lowest BCUT2D eigenvalue weighted by Crippen LogP contribution is -2.66. The summed E-state index contributed by atoms with van der Waals surface area (Å²) in [7, 11) is 0. The third-order valence-electron chi connectivity index (χ3n) is 4.27. The fourth-order valence-electron chi connectivity index (χ4n) is 3.32. The predicted molar refractivity (Wildman–Crippen MR) is 60.2 cm³/mol. The molecule has 0 amide bonds. The molecule has 0 spiro atoms. The van der Waals surface area contributed by atoms with E-state index in [0.29, 0.717) is 23.0 Å². The topological polar surface area (TPSA) is 38.0 Å². The molecule has 2 aliphatic heterocycles. The number of nitrogens with one attached hydrogen (secondary N) is 1. The Morgan fingerprint density at radius 3 is 2.71 bits per heavy atom. The molecule has 2 fully saturated rings. The highest BCUT2D eigenvalue weighted by molar-refractivity contribution is 5.07. The van der Waals surface area contributed by atoms with Gasteiger partial charge in [0.1, 0.15) is 0 Å². The van der Waals surface area contributed by atoms with Crippen LogP contribution in [0.25, 0.3) is 0 Å². The van der Waals surface area contributed by atoms with Gasteiger partial charge in [0.15, 0.2) is 0 Å². The summed E-state index contributed by atoms with van der Waals surface area (Å²) in [5.74, 6) is 0. The van der Waals surface area contributed by atoms with E-state index in [2.05, 4.69) is 26.1 Å². The zero-order valence-corrected chi connectivity index (χ0v) is 9.77. The van der Waals surface area contributed by atoms with E-state index < -0.39 is 0 Å². The van der Waals surface area contributed by atoms with Gasteiger partial charge in [0.25, 0.3) is 0 Å². The van der Waals surface area contributed by atoms with E-state index in [4.69, 9.17) is 5.73 Å². The second kappa shape index (κ2) is 3.21. The Labute approximate surface area is 87.6 Å². The predicted octanol–water partition coefficient (Wildman–Crippen LogP) is 2.03. The van der Waals surface area contributed by atoms with Crippen LogP contribution < -0.4 is 11.1 Å². The first kappa shape index (κ1) is 10.4. The van der Waals surface area contributed by atoms with E-state index in [0.717, 1.165) is 6.42 Å². The molecular formula is C12H24N2. The molecule has 3 N–H and O–H groups in total. The normalized spacial score (nSPS) is 43.7. The molecule has 2 saturated heterocycles. The van der Waals surface area contributed by atoms with Gasteiger partial charge in [-0.25, -0.2) is 0 Å². The number of nitrogens with two attached hydrogens (primary N) is 1. The molecule has 0 aromatic rings. The lowest BCUT2D eigenvalue weighted by molar-refractivity contribution is 0.0303. The summed E-state index contributed by atoms with van der Waals surface area (Å²) in [5, 5.41) is 3.86. The maximum Gasteiger partial charge on any atom is 0.0247 e. The summed E-state index contributed by atoms with van der Waals surface area (Å²) >= 11 is 0. The second-order valence-corrected chi connectivity index (χ2v) is 6.27. The second-order valence-electron chi connectivity index (χ2n) is 6.27. The minimum absolute atomic E-state index is 0.313. The highest BCUT2D eigenvalue weighted by Gasteiger charge is 2.48. The van der Waals surface area contributed by atoms with E-state index >= 15 is 0 Å². The average molecular weight is 196 g/mol. The average Bonchev–Trinajstić information content (AvgIpc) is 2.00. The number of hydrogen-bond donors (Lipinski definition) is 2. The van der Waals surface area contributed by atoms with Crippen molar-refractivity contribution >= 4 is 0 Å². The first-order valence-corrected chi connectivity index (χ1v) is 5.96. The maximum absolute atomic E-state index is 6.17.